The van der Waals surface area contributed by atoms with Gasteiger partial charge in [0.15, 0.2) is 0 Å². The number of carbonyl (C=O) groups is 2. The van der Waals surface area contributed by atoms with Crippen molar-refractivity contribution in [3.05, 3.63) is 96.6 Å². The van der Waals surface area contributed by atoms with E-state index in [2.05, 4.69) is 21.3 Å². The summed E-state index contributed by atoms with van der Waals surface area (Å²) < 4.78 is 5.25. The lowest BCUT2D eigenvalue weighted by atomic mass is 10.1. The highest BCUT2D eigenvalue weighted by Gasteiger charge is 2.06. The first kappa shape index (κ1) is 21.7. The highest BCUT2D eigenvalue weighted by atomic mass is 16.5. The number of para-hydroxylation sites is 1. The van der Waals surface area contributed by atoms with Crippen LogP contribution in [0.25, 0.3) is 10.8 Å². The van der Waals surface area contributed by atoms with Gasteiger partial charge in [-0.15, -0.1) is 0 Å². The molecular weight excluding hydrogens is 416 g/mol. The predicted molar refractivity (Wildman–Crippen MR) is 132 cm³/mol. The number of rotatable bonds is 6. The van der Waals surface area contributed by atoms with Crippen LogP contribution in [0, 0.1) is 0 Å². The van der Waals surface area contributed by atoms with E-state index in [1.165, 1.54) is 0 Å². The summed E-state index contributed by atoms with van der Waals surface area (Å²) in [7, 11) is 1.64. The third-order valence-electron chi connectivity index (χ3n) is 4.97. The molecule has 4 rings (SSSR count). The molecule has 4 aromatic rings. The first-order valence-electron chi connectivity index (χ1n) is 10.4. The summed E-state index contributed by atoms with van der Waals surface area (Å²) in [4.78, 5) is 24.5. The predicted octanol–water partition coefficient (Wildman–Crippen LogP) is 5.81. The Morgan fingerprint density at radius 3 is 2.06 bits per heavy atom. The zero-order chi connectivity index (χ0) is 23.0. The Balaban J connectivity index is 1.31. The van der Waals surface area contributed by atoms with Crippen LogP contribution in [0.15, 0.2) is 91.0 Å². The van der Waals surface area contributed by atoms with Crippen LogP contribution in [0.1, 0.15) is 5.56 Å². The number of carbonyl (C=O) groups excluding carboxylic acids is 2. The average Bonchev–Trinajstić information content (AvgIpc) is 2.83. The SMILES string of the molecule is COc1ccc2cc(CNC(=O)Nc3cccc(NC(=O)Nc4ccccc4)c3)ccc2c1. The Morgan fingerprint density at radius 1 is 0.667 bits per heavy atom. The van der Waals surface area contributed by atoms with Crippen LogP contribution < -0.4 is 26.0 Å². The summed E-state index contributed by atoms with van der Waals surface area (Å²) >= 11 is 0. The van der Waals surface area contributed by atoms with Crippen molar-refractivity contribution in [2.75, 3.05) is 23.1 Å². The van der Waals surface area contributed by atoms with Gasteiger partial charge in [-0.2, -0.15) is 0 Å². The molecule has 0 radical (unpaired) electrons. The molecule has 0 aromatic heterocycles. The zero-order valence-electron chi connectivity index (χ0n) is 18.1. The van der Waals surface area contributed by atoms with Gasteiger partial charge in [-0.3, -0.25) is 0 Å². The number of amides is 4. The van der Waals surface area contributed by atoms with Crippen molar-refractivity contribution in [3.63, 3.8) is 0 Å². The Hall–Kier alpha value is -4.52. The monoisotopic (exact) mass is 440 g/mol. The smallest absolute Gasteiger partial charge is 0.323 e. The summed E-state index contributed by atoms with van der Waals surface area (Å²) in [6.45, 7) is 0.380. The molecule has 0 fully saturated rings. The quantitative estimate of drug-likeness (QED) is 0.305. The van der Waals surface area contributed by atoms with Gasteiger partial charge in [0.25, 0.3) is 0 Å². The molecule has 166 valence electrons. The maximum atomic E-state index is 12.4. The van der Waals surface area contributed by atoms with E-state index in [9.17, 15) is 9.59 Å². The lowest BCUT2D eigenvalue weighted by Gasteiger charge is -2.11. The largest absolute Gasteiger partial charge is 0.497 e. The molecule has 0 aliphatic rings. The number of fused-ring (bicyclic) bond motifs is 1. The molecule has 0 spiro atoms. The van der Waals surface area contributed by atoms with E-state index in [1.54, 1.807) is 43.5 Å². The maximum absolute atomic E-state index is 12.4. The summed E-state index contributed by atoms with van der Waals surface area (Å²) in [5, 5.41) is 13.3. The van der Waals surface area contributed by atoms with Crippen molar-refractivity contribution in [2.45, 2.75) is 6.54 Å². The number of benzene rings is 4. The van der Waals surface area contributed by atoms with Crippen molar-refractivity contribution in [1.82, 2.24) is 5.32 Å². The topological polar surface area (TPSA) is 91.5 Å². The minimum absolute atomic E-state index is 0.337. The van der Waals surface area contributed by atoms with Crippen molar-refractivity contribution >= 4 is 39.9 Å². The van der Waals surface area contributed by atoms with E-state index in [4.69, 9.17) is 4.74 Å². The van der Waals surface area contributed by atoms with E-state index in [1.807, 2.05) is 54.6 Å². The van der Waals surface area contributed by atoms with Crippen LogP contribution in [0.3, 0.4) is 0 Å². The number of hydrogen-bond donors (Lipinski definition) is 4. The van der Waals surface area contributed by atoms with Crippen molar-refractivity contribution in [3.8, 4) is 5.75 Å². The van der Waals surface area contributed by atoms with Crippen LogP contribution >= 0.6 is 0 Å². The average molecular weight is 441 g/mol. The Labute approximate surface area is 191 Å². The third kappa shape index (κ3) is 6.01. The molecule has 0 unspecified atom stereocenters. The first-order chi connectivity index (χ1) is 16.1. The fraction of sp³-hybridized carbons (Fsp3) is 0.0769. The summed E-state index contributed by atoms with van der Waals surface area (Å²) in [5.41, 5.74) is 2.80. The van der Waals surface area contributed by atoms with E-state index in [-0.39, 0.29) is 12.1 Å². The van der Waals surface area contributed by atoms with Crippen molar-refractivity contribution in [1.29, 1.82) is 0 Å². The van der Waals surface area contributed by atoms with Crippen LogP contribution in [0.5, 0.6) is 5.75 Å². The van der Waals surface area contributed by atoms with Crippen LogP contribution in [0.4, 0.5) is 26.7 Å². The number of hydrogen-bond acceptors (Lipinski definition) is 3. The van der Waals surface area contributed by atoms with Gasteiger partial charge in [-0.25, -0.2) is 9.59 Å². The van der Waals surface area contributed by atoms with E-state index in [0.29, 0.717) is 23.6 Å². The molecule has 0 aliphatic carbocycles. The maximum Gasteiger partial charge on any atom is 0.323 e. The second kappa shape index (κ2) is 10.2. The first-order valence-corrected chi connectivity index (χ1v) is 10.4. The fourth-order valence-electron chi connectivity index (χ4n) is 3.36. The molecule has 0 aliphatic heterocycles. The van der Waals surface area contributed by atoms with Gasteiger partial charge in [0, 0.05) is 23.6 Å². The minimum Gasteiger partial charge on any atom is -0.497 e. The molecule has 4 N–H and O–H groups in total. The fourth-order valence-corrected chi connectivity index (χ4v) is 3.36. The molecule has 0 bridgehead atoms. The Morgan fingerprint density at radius 2 is 1.30 bits per heavy atom. The lowest BCUT2D eigenvalue weighted by Crippen LogP contribution is -2.28. The molecule has 7 nitrogen and oxygen atoms in total. The van der Waals surface area contributed by atoms with Gasteiger partial charge < -0.3 is 26.0 Å². The van der Waals surface area contributed by atoms with Gasteiger partial charge in [0.2, 0.25) is 0 Å². The summed E-state index contributed by atoms with van der Waals surface area (Å²) in [6, 6.07) is 27.3. The second-order valence-electron chi connectivity index (χ2n) is 7.38. The number of nitrogens with one attached hydrogen (secondary N) is 4. The lowest BCUT2D eigenvalue weighted by molar-refractivity contribution is 0.251. The minimum atomic E-state index is -0.364. The van der Waals surface area contributed by atoms with Gasteiger partial charge in [-0.1, -0.05) is 42.5 Å². The number of methoxy groups -OCH3 is 1. The molecule has 0 heterocycles. The molecule has 4 amide bonds. The second-order valence-corrected chi connectivity index (χ2v) is 7.38. The molecule has 33 heavy (non-hydrogen) atoms. The molecular formula is C26H24N4O3. The van der Waals surface area contributed by atoms with Gasteiger partial charge >= 0.3 is 12.1 Å². The molecule has 4 aromatic carbocycles. The third-order valence-corrected chi connectivity index (χ3v) is 4.97. The number of urea groups is 2. The molecule has 0 saturated heterocycles. The Bertz CT molecular complexity index is 1280. The molecule has 7 heteroatoms. The number of ether oxygens (including phenoxy) is 1. The Kier molecular flexibility index (Phi) is 6.70. The normalized spacial score (nSPS) is 10.3. The van der Waals surface area contributed by atoms with Crippen LogP contribution in [-0.4, -0.2) is 19.2 Å². The highest BCUT2D eigenvalue weighted by Crippen LogP contribution is 2.22. The zero-order valence-corrected chi connectivity index (χ0v) is 18.1. The molecule has 0 atom stereocenters. The van der Waals surface area contributed by atoms with Gasteiger partial charge in [0.05, 0.1) is 7.11 Å². The van der Waals surface area contributed by atoms with Crippen molar-refractivity contribution < 1.29 is 14.3 Å². The number of anilines is 3. The van der Waals surface area contributed by atoms with Crippen LogP contribution in [-0.2, 0) is 6.54 Å². The van der Waals surface area contributed by atoms with Gasteiger partial charge in [-0.05, 0) is 64.9 Å². The summed E-state index contributed by atoms with van der Waals surface area (Å²) in [6.07, 6.45) is 0. The van der Waals surface area contributed by atoms with Crippen molar-refractivity contribution in [2.24, 2.45) is 0 Å². The van der Waals surface area contributed by atoms with E-state index >= 15 is 0 Å². The summed E-state index contributed by atoms with van der Waals surface area (Å²) in [5.74, 6) is 0.807. The van der Waals surface area contributed by atoms with Crippen LogP contribution in [0.2, 0.25) is 0 Å². The van der Waals surface area contributed by atoms with E-state index in [0.717, 1.165) is 22.1 Å². The molecule has 0 saturated carbocycles. The van der Waals surface area contributed by atoms with E-state index < -0.39 is 0 Å². The highest BCUT2D eigenvalue weighted by molar-refractivity contribution is 6.00. The standard InChI is InChI=1S/C26H24N4O3/c1-33-24-13-12-19-14-18(10-11-20(19)15-24)17-27-25(31)29-22-8-5-9-23(16-22)30-26(32)28-21-6-3-2-4-7-21/h2-16H,17H2,1H3,(H2,27,29,31)(H2,28,30,32). The van der Waals surface area contributed by atoms with Gasteiger partial charge in [0.1, 0.15) is 5.75 Å².